The molecule has 0 saturated heterocycles. The fraction of sp³-hybridized carbons (Fsp3) is 0.562. The molecule has 1 rings (SSSR count). The molecule has 1 aromatic carbocycles. The van der Waals surface area contributed by atoms with E-state index in [2.05, 4.69) is 11.7 Å². The van der Waals surface area contributed by atoms with E-state index >= 15 is 0 Å². The Morgan fingerprint density at radius 2 is 2.05 bits per heavy atom. The number of nitrogens with zero attached hydrogens (tertiary/aromatic N) is 1. The summed E-state index contributed by atoms with van der Waals surface area (Å²) in [5.74, 6) is -0.428. The summed E-state index contributed by atoms with van der Waals surface area (Å²) in [6, 6.07) is 4.11. The maximum Gasteiger partial charge on any atom is 0.338 e. The molecule has 0 N–H and O–H groups in total. The SMILES string of the molecule is CCCCCCC(C)Oc1ccc(C(=O)OC)cc1[N+](=O)[O-]. The fourth-order valence-electron chi connectivity index (χ4n) is 2.14. The van der Waals surface area contributed by atoms with Crippen molar-refractivity contribution in [3.63, 3.8) is 0 Å². The second-order valence-corrected chi connectivity index (χ2v) is 5.21. The van der Waals surface area contributed by atoms with Gasteiger partial charge in [0.25, 0.3) is 0 Å². The number of nitro groups is 1. The maximum atomic E-state index is 11.4. The first-order valence-corrected chi connectivity index (χ1v) is 7.53. The zero-order valence-corrected chi connectivity index (χ0v) is 13.3. The van der Waals surface area contributed by atoms with E-state index in [0.717, 1.165) is 25.7 Å². The normalized spacial score (nSPS) is 11.8. The van der Waals surface area contributed by atoms with Gasteiger partial charge in [-0.2, -0.15) is 0 Å². The minimum Gasteiger partial charge on any atom is -0.484 e. The predicted molar refractivity (Wildman–Crippen MR) is 83.3 cm³/mol. The highest BCUT2D eigenvalue weighted by atomic mass is 16.6. The van der Waals surface area contributed by atoms with E-state index in [-0.39, 0.29) is 23.1 Å². The summed E-state index contributed by atoms with van der Waals surface area (Å²) in [7, 11) is 1.23. The van der Waals surface area contributed by atoms with Crippen LogP contribution < -0.4 is 4.74 Å². The lowest BCUT2D eigenvalue weighted by molar-refractivity contribution is -0.386. The zero-order chi connectivity index (χ0) is 16.5. The number of ether oxygens (including phenoxy) is 2. The second kappa shape index (κ2) is 9.02. The number of nitro benzene ring substituents is 1. The molecule has 1 aromatic rings. The lowest BCUT2D eigenvalue weighted by Crippen LogP contribution is -2.13. The second-order valence-electron chi connectivity index (χ2n) is 5.21. The standard InChI is InChI=1S/C16H23NO5/c1-4-5-6-7-8-12(2)22-15-10-9-13(16(18)21-3)11-14(15)17(19)20/h9-12H,4-8H2,1-3H3. The summed E-state index contributed by atoms with van der Waals surface area (Å²) in [5.41, 5.74) is -0.0829. The van der Waals surface area contributed by atoms with E-state index in [1.54, 1.807) is 0 Å². The molecule has 0 spiro atoms. The van der Waals surface area contributed by atoms with E-state index in [0.29, 0.717) is 0 Å². The van der Waals surface area contributed by atoms with Crippen molar-refractivity contribution < 1.29 is 19.2 Å². The third-order valence-corrected chi connectivity index (χ3v) is 3.37. The van der Waals surface area contributed by atoms with Crippen LogP contribution in [0.15, 0.2) is 18.2 Å². The van der Waals surface area contributed by atoms with Gasteiger partial charge >= 0.3 is 11.7 Å². The molecule has 1 unspecified atom stereocenters. The molecule has 0 saturated carbocycles. The number of methoxy groups -OCH3 is 1. The summed E-state index contributed by atoms with van der Waals surface area (Å²) >= 11 is 0. The molecule has 1 atom stereocenters. The Labute approximate surface area is 130 Å². The fourth-order valence-corrected chi connectivity index (χ4v) is 2.14. The highest BCUT2D eigenvalue weighted by molar-refractivity contribution is 5.90. The molecule has 0 aromatic heterocycles. The van der Waals surface area contributed by atoms with Gasteiger partial charge < -0.3 is 9.47 Å². The quantitative estimate of drug-likeness (QED) is 0.297. The lowest BCUT2D eigenvalue weighted by atomic mass is 10.1. The predicted octanol–water partition coefficient (Wildman–Crippen LogP) is 4.12. The van der Waals surface area contributed by atoms with Crippen molar-refractivity contribution in [2.24, 2.45) is 0 Å². The first-order chi connectivity index (χ1) is 10.5. The van der Waals surface area contributed by atoms with Crippen LogP contribution in [0.4, 0.5) is 5.69 Å². The van der Waals surface area contributed by atoms with Crippen LogP contribution >= 0.6 is 0 Å². The molecule has 6 heteroatoms. The van der Waals surface area contributed by atoms with Gasteiger partial charge in [-0.15, -0.1) is 0 Å². The molecular formula is C16H23NO5. The van der Waals surface area contributed by atoms with Crippen LogP contribution in [-0.4, -0.2) is 24.1 Å². The van der Waals surface area contributed by atoms with Gasteiger partial charge in [-0.1, -0.05) is 26.2 Å². The highest BCUT2D eigenvalue weighted by Gasteiger charge is 2.20. The number of rotatable bonds is 9. The van der Waals surface area contributed by atoms with Crippen molar-refractivity contribution in [1.29, 1.82) is 0 Å². The van der Waals surface area contributed by atoms with Crippen LogP contribution in [-0.2, 0) is 4.74 Å². The summed E-state index contributed by atoms with van der Waals surface area (Å²) in [4.78, 5) is 22.0. The van der Waals surface area contributed by atoms with Gasteiger partial charge in [0.2, 0.25) is 0 Å². The van der Waals surface area contributed by atoms with Crippen LogP contribution in [0.5, 0.6) is 5.75 Å². The maximum absolute atomic E-state index is 11.4. The van der Waals surface area contributed by atoms with E-state index < -0.39 is 10.9 Å². The molecule has 0 fully saturated rings. The van der Waals surface area contributed by atoms with Gasteiger partial charge in [-0.25, -0.2) is 4.79 Å². The van der Waals surface area contributed by atoms with Crippen molar-refractivity contribution in [2.45, 2.75) is 52.1 Å². The Morgan fingerprint density at radius 1 is 1.32 bits per heavy atom. The van der Waals surface area contributed by atoms with Crippen molar-refractivity contribution >= 4 is 11.7 Å². The molecule has 0 amide bonds. The van der Waals surface area contributed by atoms with Gasteiger partial charge in [0, 0.05) is 6.07 Å². The summed E-state index contributed by atoms with van der Waals surface area (Å²) in [6.07, 6.45) is 5.24. The molecule has 0 bridgehead atoms. The highest BCUT2D eigenvalue weighted by Crippen LogP contribution is 2.29. The first-order valence-electron chi connectivity index (χ1n) is 7.53. The van der Waals surface area contributed by atoms with Gasteiger partial charge in [0.05, 0.1) is 23.7 Å². The van der Waals surface area contributed by atoms with Crippen LogP contribution in [0.1, 0.15) is 56.3 Å². The Hall–Kier alpha value is -2.11. The Balaban J connectivity index is 2.77. The lowest BCUT2D eigenvalue weighted by Gasteiger charge is -2.15. The van der Waals surface area contributed by atoms with Crippen molar-refractivity contribution in [1.82, 2.24) is 0 Å². The van der Waals surface area contributed by atoms with Crippen LogP contribution in [0.2, 0.25) is 0 Å². The average molecular weight is 309 g/mol. The number of esters is 1. The average Bonchev–Trinajstić information content (AvgIpc) is 2.51. The van der Waals surface area contributed by atoms with Gasteiger partial charge in [0.1, 0.15) is 0 Å². The Bertz CT molecular complexity index is 515. The number of benzene rings is 1. The van der Waals surface area contributed by atoms with Gasteiger partial charge in [-0.05, 0) is 31.9 Å². The van der Waals surface area contributed by atoms with E-state index in [1.165, 1.54) is 31.7 Å². The minimum absolute atomic E-state index is 0.112. The van der Waals surface area contributed by atoms with E-state index in [9.17, 15) is 14.9 Å². The largest absolute Gasteiger partial charge is 0.484 e. The summed E-state index contributed by atoms with van der Waals surface area (Å²) < 4.78 is 10.2. The number of hydrogen-bond donors (Lipinski definition) is 0. The Morgan fingerprint density at radius 3 is 2.64 bits per heavy atom. The summed E-state index contributed by atoms with van der Waals surface area (Å²) in [5, 5.41) is 11.1. The molecule has 0 aliphatic carbocycles. The first kappa shape index (κ1) is 17.9. The number of carbonyl (C=O) groups excluding carboxylic acids is 1. The monoisotopic (exact) mass is 309 g/mol. The van der Waals surface area contributed by atoms with E-state index in [4.69, 9.17) is 4.74 Å². The topological polar surface area (TPSA) is 78.7 Å². The zero-order valence-electron chi connectivity index (χ0n) is 13.3. The molecule has 0 aliphatic rings. The Kier molecular flexibility index (Phi) is 7.36. The van der Waals surface area contributed by atoms with Crippen molar-refractivity contribution in [3.05, 3.63) is 33.9 Å². The molecule has 0 radical (unpaired) electrons. The number of hydrogen-bond acceptors (Lipinski definition) is 5. The van der Waals surface area contributed by atoms with E-state index in [1.807, 2.05) is 6.92 Å². The third kappa shape index (κ3) is 5.35. The molecule has 0 aliphatic heterocycles. The molecule has 0 heterocycles. The van der Waals surface area contributed by atoms with Gasteiger partial charge in [0.15, 0.2) is 5.75 Å². The van der Waals surface area contributed by atoms with Crippen molar-refractivity contribution in [3.8, 4) is 5.75 Å². The van der Waals surface area contributed by atoms with Crippen LogP contribution in [0.3, 0.4) is 0 Å². The number of unbranched alkanes of at least 4 members (excludes halogenated alkanes) is 3. The van der Waals surface area contributed by atoms with Crippen LogP contribution in [0, 0.1) is 10.1 Å². The van der Waals surface area contributed by atoms with Gasteiger partial charge in [-0.3, -0.25) is 10.1 Å². The van der Waals surface area contributed by atoms with Crippen LogP contribution in [0.25, 0.3) is 0 Å². The third-order valence-electron chi connectivity index (χ3n) is 3.37. The summed E-state index contributed by atoms with van der Waals surface area (Å²) in [6.45, 7) is 4.04. The molecular weight excluding hydrogens is 286 g/mol. The smallest absolute Gasteiger partial charge is 0.338 e. The molecule has 6 nitrogen and oxygen atoms in total. The minimum atomic E-state index is -0.609. The molecule has 22 heavy (non-hydrogen) atoms. The molecule has 122 valence electrons. The number of carbonyl (C=O) groups is 1. The van der Waals surface area contributed by atoms with Crippen molar-refractivity contribution in [2.75, 3.05) is 7.11 Å².